The maximum atomic E-state index is 12.5. The average molecular weight is 341 g/mol. The van der Waals surface area contributed by atoms with Crippen LogP contribution in [0.4, 0.5) is 0 Å². The molecule has 1 fully saturated rings. The van der Waals surface area contributed by atoms with Crippen molar-refractivity contribution in [2.75, 3.05) is 13.1 Å². The van der Waals surface area contributed by atoms with E-state index in [1.807, 2.05) is 30.3 Å². The third kappa shape index (κ3) is 4.26. The Morgan fingerprint density at radius 1 is 1.28 bits per heavy atom. The number of carbonyl (C=O) groups excluding carboxylic acids is 1. The zero-order valence-corrected chi connectivity index (χ0v) is 14.4. The minimum atomic E-state index is -0.914. The summed E-state index contributed by atoms with van der Waals surface area (Å²) in [6, 6.07) is 7.02. The number of aromatic nitrogens is 2. The van der Waals surface area contributed by atoms with Crippen molar-refractivity contribution < 1.29 is 14.7 Å². The zero-order valence-electron chi connectivity index (χ0n) is 14.4. The van der Waals surface area contributed by atoms with Crippen LogP contribution in [0.1, 0.15) is 46.7 Å². The van der Waals surface area contributed by atoms with E-state index in [1.165, 1.54) is 0 Å². The Labute approximate surface area is 147 Å². The van der Waals surface area contributed by atoms with Crippen LogP contribution < -0.4 is 0 Å². The van der Waals surface area contributed by atoms with Crippen LogP contribution in [-0.2, 0) is 18.3 Å². The minimum Gasteiger partial charge on any atom is -0.478 e. The summed E-state index contributed by atoms with van der Waals surface area (Å²) in [6.07, 6.45) is 6.95. The number of nitrogens with zero attached hydrogens (tertiary/aromatic N) is 3. The van der Waals surface area contributed by atoms with Gasteiger partial charge < -0.3 is 10.0 Å². The molecule has 1 aliphatic rings. The first-order chi connectivity index (χ1) is 12.0. The Morgan fingerprint density at radius 2 is 2.04 bits per heavy atom. The predicted octanol–water partition coefficient (Wildman–Crippen LogP) is 2.46. The molecule has 0 radical (unpaired) electrons. The summed E-state index contributed by atoms with van der Waals surface area (Å²) in [6.45, 7) is 1.51. The van der Waals surface area contributed by atoms with E-state index in [2.05, 4.69) is 5.10 Å². The summed E-state index contributed by atoms with van der Waals surface area (Å²) in [5.41, 5.74) is 2.48. The van der Waals surface area contributed by atoms with E-state index >= 15 is 0 Å². The number of amides is 1. The molecule has 1 N–H and O–H groups in total. The summed E-state index contributed by atoms with van der Waals surface area (Å²) < 4.78 is 1.75. The summed E-state index contributed by atoms with van der Waals surface area (Å²) in [5, 5.41) is 13.1. The van der Waals surface area contributed by atoms with Crippen LogP contribution in [0.15, 0.2) is 36.7 Å². The maximum absolute atomic E-state index is 12.5. The molecule has 0 spiro atoms. The van der Waals surface area contributed by atoms with E-state index in [0.29, 0.717) is 24.9 Å². The number of rotatable bonds is 5. The number of hydrogen-bond acceptors (Lipinski definition) is 3. The highest BCUT2D eigenvalue weighted by Gasteiger charge is 2.24. The minimum absolute atomic E-state index is 0.177. The van der Waals surface area contributed by atoms with Gasteiger partial charge in [0.05, 0.1) is 11.8 Å². The molecule has 2 aromatic rings. The largest absolute Gasteiger partial charge is 0.478 e. The fraction of sp³-hybridized carbons (Fsp3) is 0.421. The highest BCUT2D eigenvalue weighted by molar-refractivity contribution is 5.87. The van der Waals surface area contributed by atoms with Gasteiger partial charge in [-0.3, -0.25) is 9.48 Å². The highest BCUT2D eigenvalue weighted by Crippen LogP contribution is 2.27. The van der Waals surface area contributed by atoms with Gasteiger partial charge in [0.1, 0.15) is 0 Å². The van der Waals surface area contributed by atoms with Crippen molar-refractivity contribution in [2.45, 2.75) is 31.6 Å². The fourth-order valence-corrected chi connectivity index (χ4v) is 3.38. The Bertz CT molecular complexity index is 752. The number of piperidine rings is 1. The van der Waals surface area contributed by atoms with Crippen LogP contribution in [0.25, 0.3) is 0 Å². The Balaban J connectivity index is 1.58. The molecule has 6 nitrogen and oxygen atoms in total. The van der Waals surface area contributed by atoms with E-state index in [-0.39, 0.29) is 11.8 Å². The van der Waals surface area contributed by atoms with Crippen molar-refractivity contribution >= 4 is 11.9 Å². The number of benzene rings is 1. The molecule has 2 heterocycles. The second kappa shape index (κ2) is 7.51. The second-order valence-corrected chi connectivity index (χ2v) is 6.63. The number of hydrogen-bond donors (Lipinski definition) is 1. The van der Waals surface area contributed by atoms with Crippen molar-refractivity contribution in [2.24, 2.45) is 7.05 Å². The number of likely N-dealkylation sites (tertiary alicyclic amines) is 1. The normalized spacial score (nSPS) is 17.5. The molecule has 0 aliphatic carbocycles. The Kier molecular flexibility index (Phi) is 5.16. The van der Waals surface area contributed by atoms with Crippen LogP contribution in [0.3, 0.4) is 0 Å². The van der Waals surface area contributed by atoms with E-state index in [9.17, 15) is 9.59 Å². The van der Waals surface area contributed by atoms with Crippen molar-refractivity contribution in [1.82, 2.24) is 14.7 Å². The standard InChI is InChI=1S/C19H23N3O3/c1-21-12-14(11-20-21)4-9-18(23)22-10-2-3-17(13-22)15-5-7-16(8-6-15)19(24)25/h5-8,11-12,17H,2-4,9-10,13H2,1H3,(H,24,25)/t17-/m1/s1. The number of aromatic carboxylic acids is 1. The quantitative estimate of drug-likeness (QED) is 0.906. The third-order valence-corrected chi connectivity index (χ3v) is 4.79. The first-order valence-corrected chi connectivity index (χ1v) is 8.61. The summed E-state index contributed by atoms with van der Waals surface area (Å²) in [7, 11) is 1.87. The third-order valence-electron chi connectivity index (χ3n) is 4.79. The molecule has 1 aromatic carbocycles. The van der Waals surface area contributed by atoms with Crippen molar-refractivity contribution in [1.29, 1.82) is 0 Å². The van der Waals surface area contributed by atoms with Gasteiger partial charge in [0, 0.05) is 38.7 Å². The summed E-state index contributed by atoms with van der Waals surface area (Å²) >= 11 is 0. The van der Waals surface area contributed by atoms with Gasteiger partial charge in [0.15, 0.2) is 0 Å². The molecular weight excluding hydrogens is 318 g/mol. The van der Waals surface area contributed by atoms with Crippen LogP contribution in [-0.4, -0.2) is 44.8 Å². The zero-order chi connectivity index (χ0) is 17.8. The van der Waals surface area contributed by atoms with Crippen LogP contribution in [0.5, 0.6) is 0 Å². The smallest absolute Gasteiger partial charge is 0.335 e. The number of carboxylic acids is 1. The molecule has 132 valence electrons. The molecule has 1 atom stereocenters. The molecule has 1 saturated heterocycles. The van der Waals surface area contributed by atoms with Gasteiger partial charge in [0.2, 0.25) is 5.91 Å². The van der Waals surface area contributed by atoms with Crippen molar-refractivity contribution in [3.05, 3.63) is 53.3 Å². The van der Waals surface area contributed by atoms with E-state index in [0.717, 1.165) is 30.5 Å². The number of aryl methyl sites for hydroxylation is 2. The van der Waals surface area contributed by atoms with Crippen molar-refractivity contribution in [3.8, 4) is 0 Å². The van der Waals surface area contributed by atoms with Gasteiger partial charge >= 0.3 is 5.97 Å². The van der Waals surface area contributed by atoms with Gasteiger partial charge in [-0.1, -0.05) is 12.1 Å². The molecule has 1 aromatic heterocycles. The molecule has 3 rings (SSSR count). The van der Waals surface area contributed by atoms with E-state index in [4.69, 9.17) is 5.11 Å². The summed E-state index contributed by atoms with van der Waals surface area (Å²) in [4.78, 5) is 25.4. The SMILES string of the molecule is Cn1cc(CCC(=O)N2CCC[C@@H](c3ccc(C(=O)O)cc3)C2)cn1. The molecule has 0 bridgehead atoms. The topological polar surface area (TPSA) is 75.4 Å². The summed E-state index contributed by atoms with van der Waals surface area (Å²) in [5.74, 6) is -0.461. The first-order valence-electron chi connectivity index (χ1n) is 8.61. The predicted molar refractivity (Wildman–Crippen MR) is 93.5 cm³/mol. The fourth-order valence-electron chi connectivity index (χ4n) is 3.38. The number of carbonyl (C=O) groups is 2. The van der Waals surface area contributed by atoms with Gasteiger partial charge in [0.25, 0.3) is 0 Å². The van der Waals surface area contributed by atoms with Gasteiger partial charge in [-0.15, -0.1) is 0 Å². The van der Waals surface area contributed by atoms with Gasteiger partial charge in [-0.25, -0.2) is 4.79 Å². The lowest BCUT2D eigenvalue weighted by atomic mass is 9.90. The first kappa shape index (κ1) is 17.2. The lowest BCUT2D eigenvalue weighted by Crippen LogP contribution is -2.39. The van der Waals surface area contributed by atoms with Crippen molar-refractivity contribution in [3.63, 3.8) is 0 Å². The molecule has 0 unspecified atom stereocenters. The molecule has 25 heavy (non-hydrogen) atoms. The number of carboxylic acid groups (broad SMARTS) is 1. The monoisotopic (exact) mass is 341 g/mol. The molecular formula is C19H23N3O3. The second-order valence-electron chi connectivity index (χ2n) is 6.63. The molecule has 6 heteroatoms. The molecule has 1 aliphatic heterocycles. The van der Waals surface area contributed by atoms with E-state index < -0.39 is 5.97 Å². The molecule has 0 saturated carbocycles. The van der Waals surface area contributed by atoms with E-state index in [1.54, 1.807) is 23.0 Å². The lowest BCUT2D eigenvalue weighted by Gasteiger charge is -2.33. The Hall–Kier alpha value is -2.63. The van der Waals surface area contributed by atoms with Gasteiger partial charge in [-0.05, 0) is 42.5 Å². The molecule has 1 amide bonds. The van der Waals surface area contributed by atoms with Crippen LogP contribution in [0.2, 0.25) is 0 Å². The van der Waals surface area contributed by atoms with Crippen LogP contribution in [0, 0.1) is 0 Å². The van der Waals surface area contributed by atoms with Gasteiger partial charge in [-0.2, -0.15) is 5.10 Å². The maximum Gasteiger partial charge on any atom is 0.335 e. The highest BCUT2D eigenvalue weighted by atomic mass is 16.4. The lowest BCUT2D eigenvalue weighted by molar-refractivity contribution is -0.132. The Morgan fingerprint density at radius 3 is 2.68 bits per heavy atom. The van der Waals surface area contributed by atoms with Crippen LogP contribution >= 0.6 is 0 Å². The average Bonchev–Trinajstić information content (AvgIpc) is 3.05.